The summed E-state index contributed by atoms with van der Waals surface area (Å²) < 4.78 is 35.0. The molecule has 0 saturated carbocycles. The maximum Gasteiger partial charge on any atom is 0.337 e. The van der Waals surface area contributed by atoms with Crippen LogP contribution in [0.4, 0.5) is 0 Å². The highest BCUT2D eigenvalue weighted by atomic mass is 28.4. The molecule has 170 valence electrons. The lowest BCUT2D eigenvalue weighted by Crippen LogP contribution is -2.46. The topological polar surface area (TPSA) is 55.4 Å². The third-order valence-electron chi connectivity index (χ3n) is 7.18. The average molecular weight is 471 g/mol. The standard InChI is InChI=1S/C18H46O6Si4/c1-16(26(10,19-4)20-5)13-25(14-17(2)27(11,21-6)22-7)15-18(3)28(12,23-8)24-9/h16-18,25H,13-15H2,1-12H3. The highest BCUT2D eigenvalue weighted by molar-refractivity contribution is 6.74. The van der Waals surface area contributed by atoms with Gasteiger partial charge in [-0.15, -0.1) is 0 Å². The zero-order chi connectivity index (χ0) is 22.2. The van der Waals surface area contributed by atoms with Crippen LogP contribution in [0.3, 0.4) is 0 Å². The lowest BCUT2D eigenvalue weighted by Gasteiger charge is -2.37. The molecule has 0 radical (unpaired) electrons. The molecular formula is C18H46O6Si4. The molecule has 0 aromatic heterocycles. The SMILES string of the molecule is CO[Si](C)(OC)C(C)C[SiH](CC(C)[Si](C)(OC)OC)CC(C)[Si](C)(OC)OC. The van der Waals surface area contributed by atoms with E-state index in [0.717, 1.165) is 0 Å². The summed E-state index contributed by atoms with van der Waals surface area (Å²) in [5.74, 6) is 0. The molecular weight excluding hydrogens is 425 g/mol. The molecule has 0 heterocycles. The van der Waals surface area contributed by atoms with Crippen LogP contribution in [-0.2, 0) is 26.6 Å². The first kappa shape index (κ1) is 28.6. The van der Waals surface area contributed by atoms with Crippen LogP contribution in [0, 0.1) is 0 Å². The van der Waals surface area contributed by atoms with Gasteiger partial charge in [-0.3, -0.25) is 0 Å². The minimum atomic E-state index is -2.16. The van der Waals surface area contributed by atoms with E-state index in [9.17, 15) is 0 Å². The third-order valence-corrected chi connectivity index (χ3v) is 23.7. The quantitative estimate of drug-likeness (QED) is 0.329. The molecule has 0 N–H and O–H groups in total. The molecule has 0 aliphatic carbocycles. The Morgan fingerprint density at radius 2 is 0.679 bits per heavy atom. The van der Waals surface area contributed by atoms with Crippen molar-refractivity contribution in [3.05, 3.63) is 0 Å². The molecule has 0 bridgehead atoms. The summed E-state index contributed by atoms with van der Waals surface area (Å²) >= 11 is 0. The highest BCUT2D eigenvalue weighted by Crippen LogP contribution is 2.39. The van der Waals surface area contributed by atoms with Crippen molar-refractivity contribution in [2.45, 2.75) is 75.2 Å². The molecule has 3 unspecified atom stereocenters. The maximum absolute atomic E-state index is 5.84. The Hall–Kier alpha value is 0.628. The Morgan fingerprint density at radius 1 is 0.500 bits per heavy atom. The van der Waals surface area contributed by atoms with E-state index in [-0.39, 0.29) is 0 Å². The van der Waals surface area contributed by atoms with Crippen molar-refractivity contribution in [1.82, 2.24) is 0 Å². The van der Waals surface area contributed by atoms with Crippen LogP contribution in [0.5, 0.6) is 0 Å². The van der Waals surface area contributed by atoms with Crippen molar-refractivity contribution in [2.75, 3.05) is 42.7 Å². The Labute approximate surface area is 178 Å². The molecule has 0 aromatic rings. The molecule has 0 spiro atoms. The zero-order valence-corrected chi connectivity index (χ0v) is 24.5. The van der Waals surface area contributed by atoms with E-state index in [4.69, 9.17) is 26.6 Å². The van der Waals surface area contributed by atoms with E-state index in [0.29, 0.717) is 16.6 Å². The van der Waals surface area contributed by atoms with Crippen molar-refractivity contribution < 1.29 is 26.6 Å². The third kappa shape index (κ3) is 7.40. The molecule has 0 saturated heterocycles. The fourth-order valence-corrected chi connectivity index (χ4v) is 18.5. The molecule has 0 aromatic carbocycles. The van der Waals surface area contributed by atoms with Crippen LogP contribution in [-0.4, -0.2) is 77.1 Å². The van der Waals surface area contributed by atoms with Gasteiger partial charge in [0.25, 0.3) is 0 Å². The van der Waals surface area contributed by atoms with E-state index >= 15 is 0 Å². The highest BCUT2D eigenvalue weighted by Gasteiger charge is 2.44. The van der Waals surface area contributed by atoms with Crippen molar-refractivity contribution in [3.8, 4) is 0 Å². The molecule has 0 fully saturated rings. The first-order valence-electron chi connectivity index (χ1n) is 10.2. The molecule has 0 rings (SSSR count). The summed E-state index contributed by atoms with van der Waals surface area (Å²) in [6.07, 6.45) is 0. The molecule has 0 aliphatic rings. The summed E-state index contributed by atoms with van der Waals surface area (Å²) in [4.78, 5) is 0. The van der Waals surface area contributed by atoms with Crippen molar-refractivity contribution in [3.63, 3.8) is 0 Å². The fraction of sp³-hybridized carbons (Fsp3) is 1.00. The van der Waals surface area contributed by atoms with E-state index < -0.39 is 34.5 Å². The first-order chi connectivity index (χ1) is 12.9. The van der Waals surface area contributed by atoms with Gasteiger partial charge in [0.1, 0.15) is 0 Å². The Balaban J connectivity index is 5.54. The van der Waals surface area contributed by atoms with E-state index in [1.54, 1.807) is 42.7 Å². The zero-order valence-electron chi connectivity index (χ0n) is 20.4. The van der Waals surface area contributed by atoms with E-state index in [1.807, 2.05) is 0 Å². The van der Waals surface area contributed by atoms with Crippen LogP contribution in [0.1, 0.15) is 20.8 Å². The molecule has 6 nitrogen and oxygen atoms in total. The number of hydrogen-bond donors (Lipinski definition) is 0. The van der Waals surface area contributed by atoms with Gasteiger partial charge in [-0.25, -0.2) is 0 Å². The second-order valence-electron chi connectivity index (χ2n) is 8.55. The summed E-state index contributed by atoms with van der Waals surface area (Å²) in [6.45, 7) is 13.4. The summed E-state index contributed by atoms with van der Waals surface area (Å²) in [5, 5.41) is 0. The molecule has 0 aliphatic heterocycles. The van der Waals surface area contributed by atoms with Gasteiger partial charge in [0.15, 0.2) is 0 Å². The summed E-state index contributed by atoms with van der Waals surface area (Å²) in [6, 6.07) is 3.57. The molecule has 10 heteroatoms. The van der Waals surface area contributed by atoms with Crippen LogP contribution >= 0.6 is 0 Å². The largest absolute Gasteiger partial charge is 0.398 e. The van der Waals surface area contributed by atoms with Crippen molar-refractivity contribution >= 4 is 34.5 Å². The van der Waals surface area contributed by atoms with Crippen LogP contribution < -0.4 is 0 Å². The lowest BCUT2D eigenvalue weighted by molar-refractivity contribution is 0.239. The van der Waals surface area contributed by atoms with Crippen LogP contribution in [0.25, 0.3) is 0 Å². The monoisotopic (exact) mass is 470 g/mol. The summed E-state index contributed by atoms with van der Waals surface area (Å²) in [7, 11) is 3.07. The van der Waals surface area contributed by atoms with Gasteiger partial charge in [-0.05, 0) is 36.3 Å². The summed E-state index contributed by atoms with van der Waals surface area (Å²) in [5.41, 5.74) is 1.32. The molecule has 3 atom stereocenters. The van der Waals surface area contributed by atoms with Gasteiger partial charge in [0, 0.05) is 51.5 Å². The lowest BCUT2D eigenvalue weighted by atomic mass is 10.5. The minimum Gasteiger partial charge on any atom is -0.398 e. The molecule has 0 amide bonds. The van der Waals surface area contributed by atoms with Gasteiger partial charge < -0.3 is 26.6 Å². The second kappa shape index (κ2) is 12.5. The van der Waals surface area contributed by atoms with E-state index in [1.165, 1.54) is 18.1 Å². The minimum absolute atomic E-state index is 0.439. The van der Waals surface area contributed by atoms with E-state index in [2.05, 4.69) is 40.4 Å². The Kier molecular flexibility index (Phi) is 12.8. The molecule has 28 heavy (non-hydrogen) atoms. The van der Waals surface area contributed by atoms with Gasteiger partial charge in [-0.2, -0.15) is 0 Å². The predicted molar refractivity (Wildman–Crippen MR) is 127 cm³/mol. The number of hydrogen-bond acceptors (Lipinski definition) is 6. The predicted octanol–water partition coefficient (Wildman–Crippen LogP) is 4.48. The van der Waals surface area contributed by atoms with Gasteiger partial charge >= 0.3 is 25.7 Å². The normalized spacial score (nSPS) is 18.0. The van der Waals surface area contributed by atoms with Gasteiger partial charge in [0.05, 0.1) is 0 Å². The van der Waals surface area contributed by atoms with Crippen LogP contribution in [0.15, 0.2) is 0 Å². The van der Waals surface area contributed by atoms with Crippen LogP contribution in [0.2, 0.25) is 54.4 Å². The average Bonchev–Trinajstić information content (AvgIpc) is 2.71. The fourth-order valence-electron chi connectivity index (χ4n) is 3.89. The first-order valence-corrected chi connectivity index (χ1v) is 19.9. The maximum atomic E-state index is 5.84. The Bertz CT molecular complexity index is 368. The Morgan fingerprint density at radius 3 is 0.821 bits per heavy atom. The second-order valence-corrected chi connectivity index (χ2v) is 23.2. The number of rotatable bonds is 15. The van der Waals surface area contributed by atoms with Crippen molar-refractivity contribution in [1.29, 1.82) is 0 Å². The smallest absolute Gasteiger partial charge is 0.337 e. The van der Waals surface area contributed by atoms with Gasteiger partial charge in [-0.1, -0.05) is 38.9 Å². The van der Waals surface area contributed by atoms with Gasteiger partial charge in [0.2, 0.25) is 0 Å². The van der Waals surface area contributed by atoms with Crippen molar-refractivity contribution in [2.24, 2.45) is 0 Å².